The van der Waals surface area contributed by atoms with Crippen molar-refractivity contribution < 1.29 is 4.74 Å². The van der Waals surface area contributed by atoms with E-state index in [-0.39, 0.29) is 0 Å². The summed E-state index contributed by atoms with van der Waals surface area (Å²) in [7, 11) is 1.66. The number of nitrogens with zero attached hydrogens (tertiary/aromatic N) is 2. The lowest BCUT2D eigenvalue weighted by Gasteiger charge is -1.99. The Labute approximate surface area is 110 Å². The summed E-state index contributed by atoms with van der Waals surface area (Å²) in [5.41, 5.74) is 9.27. The molecule has 5 heteroatoms. The number of nitrogens with one attached hydrogen (secondary N) is 1. The number of aromatic amines is 1. The molecule has 5 nitrogen and oxygen atoms in total. The molecule has 0 radical (unpaired) electrons. The van der Waals surface area contributed by atoms with Gasteiger partial charge in [0, 0.05) is 17.4 Å². The van der Waals surface area contributed by atoms with E-state index >= 15 is 0 Å². The molecule has 0 amide bonds. The summed E-state index contributed by atoms with van der Waals surface area (Å²) in [5.74, 6) is 0.836. The Bertz CT molecular complexity index is 720. The van der Waals surface area contributed by atoms with Crippen molar-refractivity contribution in [3.63, 3.8) is 0 Å². The minimum atomic E-state index is 0.450. The smallest absolute Gasteiger partial charge is 0.128 e. The van der Waals surface area contributed by atoms with E-state index in [0.717, 1.165) is 33.6 Å². The van der Waals surface area contributed by atoms with Crippen LogP contribution in [0.15, 0.2) is 36.5 Å². The van der Waals surface area contributed by atoms with Crippen LogP contribution in [0.25, 0.3) is 22.3 Å². The number of aromatic nitrogens is 3. The van der Waals surface area contributed by atoms with Crippen LogP contribution in [0.1, 0.15) is 5.56 Å². The van der Waals surface area contributed by atoms with Gasteiger partial charge in [-0.2, -0.15) is 5.10 Å². The maximum Gasteiger partial charge on any atom is 0.128 e. The summed E-state index contributed by atoms with van der Waals surface area (Å²) in [4.78, 5) is 3.31. The van der Waals surface area contributed by atoms with E-state index in [1.807, 2.05) is 30.3 Å². The van der Waals surface area contributed by atoms with Crippen LogP contribution in [0.5, 0.6) is 5.75 Å². The number of methoxy groups -OCH3 is 1. The Hall–Kier alpha value is -2.40. The van der Waals surface area contributed by atoms with Gasteiger partial charge in [-0.15, -0.1) is 5.10 Å². The molecule has 96 valence electrons. The molecule has 0 unspecified atom stereocenters. The van der Waals surface area contributed by atoms with Gasteiger partial charge in [0.1, 0.15) is 11.4 Å². The molecule has 3 rings (SSSR count). The lowest BCUT2D eigenvalue weighted by molar-refractivity contribution is 0.420. The van der Waals surface area contributed by atoms with Gasteiger partial charge < -0.3 is 15.5 Å². The molecular weight excluding hydrogens is 240 g/mol. The Morgan fingerprint density at radius 3 is 3.00 bits per heavy atom. The van der Waals surface area contributed by atoms with Crippen LogP contribution in [0.4, 0.5) is 0 Å². The average molecular weight is 254 g/mol. The molecule has 0 bridgehead atoms. The molecule has 3 N–H and O–H groups in total. The quantitative estimate of drug-likeness (QED) is 0.750. The summed E-state index contributed by atoms with van der Waals surface area (Å²) < 4.78 is 5.35. The molecule has 0 aliphatic carbocycles. The molecular formula is C14H14N4O. The zero-order valence-electron chi connectivity index (χ0n) is 10.6. The Balaban J connectivity index is 2.15. The van der Waals surface area contributed by atoms with E-state index in [4.69, 9.17) is 10.5 Å². The van der Waals surface area contributed by atoms with E-state index < -0.39 is 0 Å². The number of rotatable bonds is 3. The highest BCUT2D eigenvalue weighted by molar-refractivity contribution is 5.90. The first-order valence-electron chi connectivity index (χ1n) is 5.99. The predicted molar refractivity (Wildman–Crippen MR) is 73.8 cm³/mol. The Morgan fingerprint density at radius 2 is 2.21 bits per heavy atom. The SMILES string of the molecule is COc1cccc2[nH]c(-c3cc(CN)cnn3)cc12. The molecule has 0 aliphatic heterocycles. The second kappa shape index (κ2) is 4.70. The van der Waals surface area contributed by atoms with Crippen LogP contribution in [0.2, 0.25) is 0 Å². The molecule has 2 heterocycles. The maximum atomic E-state index is 5.62. The number of nitrogens with two attached hydrogens (primary N) is 1. The number of H-pyrrole nitrogens is 1. The zero-order chi connectivity index (χ0) is 13.2. The van der Waals surface area contributed by atoms with Gasteiger partial charge in [0.25, 0.3) is 0 Å². The third kappa shape index (κ3) is 2.04. The van der Waals surface area contributed by atoms with Crippen molar-refractivity contribution in [2.75, 3.05) is 7.11 Å². The normalized spacial score (nSPS) is 10.8. The molecule has 1 aromatic carbocycles. The average Bonchev–Trinajstić information content (AvgIpc) is 2.91. The second-order valence-electron chi connectivity index (χ2n) is 4.26. The van der Waals surface area contributed by atoms with Crippen molar-refractivity contribution in [1.82, 2.24) is 15.2 Å². The number of fused-ring (bicyclic) bond motifs is 1. The summed E-state index contributed by atoms with van der Waals surface area (Å²) >= 11 is 0. The van der Waals surface area contributed by atoms with Crippen molar-refractivity contribution in [1.29, 1.82) is 0 Å². The first-order chi connectivity index (χ1) is 9.31. The van der Waals surface area contributed by atoms with Crippen molar-refractivity contribution in [3.05, 3.63) is 42.1 Å². The summed E-state index contributed by atoms with van der Waals surface area (Å²) in [6.07, 6.45) is 1.67. The van der Waals surface area contributed by atoms with Gasteiger partial charge in [-0.25, -0.2) is 0 Å². The monoisotopic (exact) mass is 254 g/mol. The molecule has 0 saturated heterocycles. The Kier molecular flexibility index (Phi) is 2.89. The van der Waals surface area contributed by atoms with Crippen LogP contribution in [0.3, 0.4) is 0 Å². The van der Waals surface area contributed by atoms with Crippen LogP contribution < -0.4 is 10.5 Å². The second-order valence-corrected chi connectivity index (χ2v) is 4.26. The van der Waals surface area contributed by atoms with Crippen molar-refractivity contribution >= 4 is 10.9 Å². The van der Waals surface area contributed by atoms with Crippen LogP contribution in [0, 0.1) is 0 Å². The van der Waals surface area contributed by atoms with Crippen molar-refractivity contribution in [2.45, 2.75) is 6.54 Å². The lowest BCUT2D eigenvalue weighted by Crippen LogP contribution is -1.99. The molecule has 0 fully saturated rings. The molecule has 0 saturated carbocycles. The van der Waals surface area contributed by atoms with Gasteiger partial charge >= 0.3 is 0 Å². The first-order valence-corrected chi connectivity index (χ1v) is 5.99. The molecule has 3 aromatic rings. The fourth-order valence-corrected chi connectivity index (χ4v) is 2.09. The van der Waals surface area contributed by atoms with Gasteiger partial charge in [0.2, 0.25) is 0 Å². The van der Waals surface area contributed by atoms with Crippen LogP contribution >= 0.6 is 0 Å². The van der Waals surface area contributed by atoms with E-state index in [0.29, 0.717) is 6.54 Å². The van der Waals surface area contributed by atoms with Gasteiger partial charge in [0.15, 0.2) is 0 Å². The Morgan fingerprint density at radius 1 is 1.32 bits per heavy atom. The summed E-state index contributed by atoms with van der Waals surface area (Å²) in [5, 5.41) is 9.12. The maximum absolute atomic E-state index is 5.62. The lowest BCUT2D eigenvalue weighted by atomic mass is 10.2. The van der Waals surface area contributed by atoms with Crippen LogP contribution in [-0.4, -0.2) is 22.3 Å². The highest BCUT2D eigenvalue weighted by atomic mass is 16.5. The molecule has 0 aliphatic rings. The highest BCUT2D eigenvalue weighted by Crippen LogP contribution is 2.29. The van der Waals surface area contributed by atoms with Crippen LogP contribution in [-0.2, 0) is 6.54 Å². The number of benzene rings is 1. The summed E-state index contributed by atoms with van der Waals surface area (Å²) in [6.45, 7) is 0.450. The fraction of sp³-hybridized carbons (Fsp3) is 0.143. The third-order valence-electron chi connectivity index (χ3n) is 3.07. The number of hydrogen-bond donors (Lipinski definition) is 2. The largest absolute Gasteiger partial charge is 0.496 e. The first kappa shape index (κ1) is 11.7. The van der Waals surface area contributed by atoms with Gasteiger partial charge in [-0.05, 0) is 29.8 Å². The summed E-state index contributed by atoms with van der Waals surface area (Å²) in [6, 6.07) is 9.83. The fourth-order valence-electron chi connectivity index (χ4n) is 2.09. The van der Waals surface area contributed by atoms with E-state index in [9.17, 15) is 0 Å². The van der Waals surface area contributed by atoms with E-state index in [1.54, 1.807) is 13.3 Å². The van der Waals surface area contributed by atoms with Gasteiger partial charge in [-0.1, -0.05) is 6.07 Å². The van der Waals surface area contributed by atoms with Gasteiger partial charge in [-0.3, -0.25) is 0 Å². The highest BCUT2D eigenvalue weighted by Gasteiger charge is 2.09. The molecule has 2 aromatic heterocycles. The number of ether oxygens (including phenoxy) is 1. The third-order valence-corrected chi connectivity index (χ3v) is 3.07. The van der Waals surface area contributed by atoms with E-state index in [2.05, 4.69) is 15.2 Å². The van der Waals surface area contributed by atoms with Crippen molar-refractivity contribution in [3.8, 4) is 17.1 Å². The van der Waals surface area contributed by atoms with Crippen molar-refractivity contribution in [2.24, 2.45) is 5.73 Å². The standard InChI is InChI=1S/C14H14N4O/c1-19-14-4-2-3-11-10(14)6-12(17-11)13-5-9(7-15)8-16-18-13/h2-6,8,17H,7,15H2,1H3. The number of hydrogen-bond acceptors (Lipinski definition) is 4. The molecule has 19 heavy (non-hydrogen) atoms. The minimum Gasteiger partial charge on any atom is -0.496 e. The molecule has 0 atom stereocenters. The topological polar surface area (TPSA) is 76.8 Å². The van der Waals surface area contributed by atoms with Gasteiger partial charge in [0.05, 0.1) is 19.0 Å². The predicted octanol–water partition coefficient (Wildman–Crippen LogP) is 2.09. The minimum absolute atomic E-state index is 0.450. The zero-order valence-corrected chi connectivity index (χ0v) is 10.6. The van der Waals surface area contributed by atoms with E-state index in [1.165, 1.54) is 0 Å². The molecule has 0 spiro atoms.